The number of carbonyl (C=O) groups excluding carboxylic acids is 1. The third kappa shape index (κ3) is 8.36. The Bertz CT molecular complexity index is 728. The molecule has 7 nitrogen and oxygen atoms in total. The van der Waals surface area contributed by atoms with Crippen LogP contribution in [-0.2, 0) is 9.47 Å². The molecule has 0 saturated carbocycles. The average Bonchev–Trinajstić information content (AvgIpc) is 3.26. The number of rotatable bonds is 10. The minimum atomic E-state index is -0.487. The van der Waals surface area contributed by atoms with Crippen molar-refractivity contribution in [1.82, 2.24) is 9.88 Å². The molecule has 0 spiro atoms. The molecular weight excluding hydrogens is 418 g/mol. The van der Waals surface area contributed by atoms with E-state index in [1.165, 1.54) is 19.3 Å². The predicted octanol–water partition coefficient (Wildman–Crippen LogP) is 5.28. The van der Waals surface area contributed by atoms with Crippen molar-refractivity contribution < 1.29 is 19.0 Å². The van der Waals surface area contributed by atoms with Gasteiger partial charge in [-0.3, -0.25) is 4.98 Å². The fraction of sp³-hybridized carbons (Fsp3) is 0.769. The highest BCUT2D eigenvalue weighted by Gasteiger charge is 2.32. The molecule has 0 unspecified atom stereocenters. The van der Waals surface area contributed by atoms with Crippen LogP contribution >= 0.6 is 0 Å². The minimum absolute atomic E-state index is 0.0406. The number of likely N-dealkylation sites (tertiary alicyclic amines) is 1. The molecule has 1 amide bonds. The number of piperidine rings is 1. The van der Waals surface area contributed by atoms with Gasteiger partial charge in [0.2, 0.25) is 0 Å². The number of hydrogen-bond acceptors (Lipinski definition) is 6. The quantitative estimate of drug-likeness (QED) is 0.442. The number of anilines is 1. The van der Waals surface area contributed by atoms with Crippen LogP contribution in [0.15, 0.2) is 18.5 Å². The molecule has 186 valence electrons. The van der Waals surface area contributed by atoms with Crippen molar-refractivity contribution in [3.05, 3.63) is 18.5 Å². The Hall–Kier alpha value is -2.02. The maximum Gasteiger partial charge on any atom is 0.410 e. The number of pyridine rings is 1. The highest BCUT2D eigenvalue weighted by atomic mass is 16.6. The smallest absolute Gasteiger partial charge is 0.410 e. The van der Waals surface area contributed by atoms with Crippen molar-refractivity contribution in [3.63, 3.8) is 0 Å². The van der Waals surface area contributed by atoms with E-state index in [-0.39, 0.29) is 12.1 Å². The zero-order chi connectivity index (χ0) is 23.7. The molecule has 3 rings (SSSR count). The second-order valence-electron chi connectivity index (χ2n) is 10.3. The first kappa shape index (κ1) is 25.6. The standard InChI is InChI=1S/C26H43N3O4/c1-5-6-15-31-16-11-21-9-13-28(14-10-21)23-17-24(19-27-18-23)32-20-22-8-7-12-29(22)25(30)33-26(2,3)4/h17-19,21-22H,5-16,20H2,1-4H3/t22-/m0/s1. The van der Waals surface area contributed by atoms with E-state index in [9.17, 15) is 4.79 Å². The summed E-state index contributed by atoms with van der Waals surface area (Å²) in [6, 6.07) is 2.12. The summed E-state index contributed by atoms with van der Waals surface area (Å²) in [7, 11) is 0. The Morgan fingerprint density at radius 2 is 1.91 bits per heavy atom. The third-order valence-electron chi connectivity index (χ3n) is 6.44. The van der Waals surface area contributed by atoms with Crippen LogP contribution in [0.3, 0.4) is 0 Å². The molecule has 0 bridgehead atoms. The number of amides is 1. The molecule has 1 atom stereocenters. The van der Waals surface area contributed by atoms with Gasteiger partial charge in [-0.15, -0.1) is 0 Å². The van der Waals surface area contributed by atoms with Crippen molar-refractivity contribution in [3.8, 4) is 5.75 Å². The van der Waals surface area contributed by atoms with Gasteiger partial charge in [-0.2, -0.15) is 0 Å². The van der Waals surface area contributed by atoms with Gasteiger partial charge in [-0.05, 0) is 65.2 Å². The number of ether oxygens (including phenoxy) is 3. The Morgan fingerprint density at radius 3 is 2.64 bits per heavy atom. The van der Waals surface area contributed by atoms with E-state index >= 15 is 0 Å². The van der Waals surface area contributed by atoms with Crippen LogP contribution in [0.5, 0.6) is 5.75 Å². The molecule has 2 fully saturated rings. The summed E-state index contributed by atoms with van der Waals surface area (Å²) < 4.78 is 17.4. The summed E-state index contributed by atoms with van der Waals surface area (Å²) in [6.45, 7) is 12.9. The zero-order valence-electron chi connectivity index (χ0n) is 21.1. The van der Waals surface area contributed by atoms with E-state index in [2.05, 4.69) is 22.9 Å². The Kier molecular flexibility index (Phi) is 9.65. The molecule has 3 heterocycles. The predicted molar refractivity (Wildman–Crippen MR) is 131 cm³/mol. The largest absolute Gasteiger partial charge is 0.490 e. The van der Waals surface area contributed by atoms with Crippen molar-refractivity contribution >= 4 is 11.8 Å². The molecule has 1 aromatic rings. The molecule has 33 heavy (non-hydrogen) atoms. The van der Waals surface area contributed by atoms with Crippen molar-refractivity contribution in [1.29, 1.82) is 0 Å². The Balaban J connectivity index is 1.44. The van der Waals surface area contributed by atoms with Gasteiger partial charge in [0, 0.05) is 38.9 Å². The molecular formula is C26H43N3O4. The average molecular weight is 462 g/mol. The Labute approximate surface area is 199 Å². The molecule has 0 radical (unpaired) electrons. The molecule has 1 aromatic heterocycles. The zero-order valence-corrected chi connectivity index (χ0v) is 21.1. The first-order valence-electron chi connectivity index (χ1n) is 12.8. The fourth-order valence-electron chi connectivity index (χ4n) is 4.50. The van der Waals surface area contributed by atoms with Crippen molar-refractivity contribution in [2.24, 2.45) is 5.92 Å². The summed E-state index contributed by atoms with van der Waals surface area (Å²) in [4.78, 5) is 21.1. The lowest BCUT2D eigenvalue weighted by Crippen LogP contribution is -2.42. The van der Waals surface area contributed by atoms with Crippen LogP contribution in [-0.4, -0.2) is 67.1 Å². The lowest BCUT2D eigenvalue weighted by molar-refractivity contribution is 0.0187. The second kappa shape index (κ2) is 12.4. The van der Waals surface area contributed by atoms with Gasteiger partial charge in [0.05, 0.1) is 24.1 Å². The second-order valence-corrected chi connectivity index (χ2v) is 10.3. The highest BCUT2D eigenvalue weighted by Crippen LogP contribution is 2.28. The lowest BCUT2D eigenvalue weighted by Gasteiger charge is -2.33. The maximum absolute atomic E-state index is 12.5. The van der Waals surface area contributed by atoms with E-state index < -0.39 is 5.60 Å². The van der Waals surface area contributed by atoms with Crippen LogP contribution in [0.25, 0.3) is 0 Å². The normalized spacial score (nSPS) is 19.7. The first-order valence-corrected chi connectivity index (χ1v) is 12.8. The van der Waals surface area contributed by atoms with Gasteiger partial charge >= 0.3 is 6.09 Å². The molecule has 2 aliphatic rings. The fourth-order valence-corrected chi connectivity index (χ4v) is 4.50. The van der Waals surface area contributed by atoms with E-state index in [1.807, 2.05) is 27.0 Å². The number of carbonyl (C=O) groups is 1. The topological polar surface area (TPSA) is 64.1 Å². The SMILES string of the molecule is CCCCOCCC1CCN(c2cncc(OC[C@@H]3CCCN3C(=O)OC(C)(C)C)c2)CC1. The monoisotopic (exact) mass is 461 g/mol. The summed E-state index contributed by atoms with van der Waals surface area (Å²) in [5.74, 6) is 1.51. The minimum Gasteiger partial charge on any atom is -0.490 e. The number of nitrogens with zero attached hydrogens (tertiary/aromatic N) is 3. The molecule has 7 heteroatoms. The lowest BCUT2D eigenvalue weighted by atomic mass is 9.94. The maximum atomic E-state index is 12.5. The molecule has 0 aromatic carbocycles. The van der Waals surface area contributed by atoms with Gasteiger partial charge < -0.3 is 24.0 Å². The molecule has 2 aliphatic heterocycles. The van der Waals surface area contributed by atoms with Crippen LogP contribution in [0, 0.1) is 5.92 Å². The van der Waals surface area contributed by atoms with Crippen LogP contribution < -0.4 is 9.64 Å². The van der Waals surface area contributed by atoms with Gasteiger partial charge in [-0.1, -0.05) is 13.3 Å². The number of unbranched alkanes of at least 4 members (excludes halogenated alkanes) is 1. The number of aromatic nitrogens is 1. The van der Waals surface area contributed by atoms with Crippen LogP contribution in [0.1, 0.15) is 72.6 Å². The first-order chi connectivity index (χ1) is 15.9. The molecule has 2 saturated heterocycles. The summed E-state index contributed by atoms with van der Waals surface area (Å²) in [5.41, 5.74) is 0.624. The van der Waals surface area contributed by atoms with Crippen molar-refractivity contribution in [2.75, 3.05) is 44.4 Å². The van der Waals surface area contributed by atoms with Gasteiger partial charge in [0.15, 0.2) is 0 Å². The summed E-state index contributed by atoms with van der Waals surface area (Å²) >= 11 is 0. The van der Waals surface area contributed by atoms with Crippen LogP contribution in [0.2, 0.25) is 0 Å². The van der Waals surface area contributed by atoms with E-state index in [0.29, 0.717) is 6.61 Å². The van der Waals surface area contributed by atoms with Crippen LogP contribution in [0.4, 0.5) is 10.5 Å². The van der Waals surface area contributed by atoms with Crippen molar-refractivity contribution in [2.45, 2.75) is 84.3 Å². The highest BCUT2D eigenvalue weighted by molar-refractivity contribution is 5.69. The summed E-state index contributed by atoms with van der Waals surface area (Å²) in [6.07, 6.45) is 11.2. The van der Waals surface area contributed by atoms with E-state index in [0.717, 1.165) is 75.9 Å². The van der Waals surface area contributed by atoms with Gasteiger partial charge in [-0.25, -0.2) is 4.79 Å². The number of hydrogen-bond donors (Lipinski definition) is 0. The summed E-state index contributed by atoms with van der Waals surface area (Å²) in [5, 5.41) is 0. The third-order valence-corrected chi connectivity index (χ3v) is 6.44. The Morgan fingerprint density at radius 1 is 1.12 bits per heavy atom. The van der Waals surface area contributed by atoms with E-state index in [4.69, 9.17) is 14.2 Å². The molecule has 0 aliphatic carbocycles. The molecule has 0 N–H and O–H groups in total. The van der Waals surface area contributed by atoms with E-state index in [1.54, 1.807) is 11.1 Å². The van der Waals surface area contributed by atoms with Gasteiger partial charge in [0.25, 0.3) is 0 Å². The van der Waals surface area contributed by atoms with Gasteiger partial charge in [0.1, 0.15) is 18.0 Å².